The fourth-order valence-corrected chi connectivity index (χ4v) is 1.65. The highest BCUT2D eigenvalue weighted by Crippen LogP contribution is 2.17. The quantitative estimate of drug-likeness (QED) is 0.788. The Morgan fingerprint density at radius 3 is 3.12 bits per heavy atom. The molecule has 1 aromatic heterocycles. The minimum absolute atomic E-state index is 0.116. The van der Waals surface area contributed by atoms with E-state index in [1.807, 2.05) is 6.92 Å². The number of aromatic nitrogens is 1. The Hall–Kier alpha value is -1.62. The second-order valence-electron chi connectivity index (χ2n) is 3.82. The van der Waals surface area contributed by atoms with Crippen molar-refractivity contribution in [3.63, 3.8) is 0 Å². The fourth-order valence-electron chi connectivity index (χ4n) is 1.48. The van der Waals surface area contributed by atoms with Crippen LogP contribution >= 0.6 is 11.6 Å². The molecule has 1 aliphatic heterocycles. The van der Waals surface area contributed by atoms with Crippen LogP contribution in [-0.2, 0) is 4.79 Å². The number of amides is 1. The van der Waals surface area contributed by atoms with E-state index in [2.05, 4.69) is 20.8 Å². The molecule has 5 nitrogen and oxygen atoms in total. The zero-order chi connectivity index (χ0) is 12.3. The molecule has 2 heterocycles. The lowest BCUT2D eigenvalue weighted by Gasteiger charge is -2.13. The van der Waals surface area contributed by atoms with Crippen molar-refractivity contribution >= 4 is 28.9 Å². The second-order valence-corrected chi connectivity index (χ2v) is 4.23. The molecule has 0 aliphatic carbocycles. The van der Waals surface area contributed by atoms with Gasteiger partial charge in [0, 0.05) is 6.54 Å². The molecule has 0 aromatic carbocycles. The minimum atomic E-state index is -0.116. The van der Waals surface area contributed by atoms with E-state index in [-0.39, 0.29) is 5.91 Å². The first-order valence-electron chi connectivity index (χ1n) is 5.40. The molecule has 0 radical (unpaired) electrons. The summed E-state index contributed by atoms with van der Waals surface area (Å²) in [6.07, 6.45) is 3.23. The first-order valence-corrected chi connectivity index (χ1v) is 5.77. The molecule has 0 bridgehead atoms. The number of hydrogen-bond donors (Lipinski definition) is 2. The van der Waals surface area contributed by atoms with E-state index in [1.165, 1.54) is 0 Å². The van der Waals surface area contributed by atoms with E-state index < -0.39 is 0 Å². The lowest BCUT2D eigenvalue weighted by molar-refractivity contribution is -0.115. The normalized spacial score (nSPS) is 18.0. The monoisotopic (exact) mass is 252 g/mol. The van der Waals surface area contributed by atoms with Gasteiger partial charge in [0.25, 0.3) is 5.91 Å². The van der Waals surface area contributed by atoms with Crippen molar-refractivity contribution in [1.29, 1.82) is 0 Å². The molecule has 2 N–H and O–H groups in total. The summed E-state index contributed by atoms with van der Waals surface area (Å²) in [6.45, 7) is 2.54. The van der Waals surface area contributed by atoms with E-state index in [1.54, 1.807) is 12.3 Å². The predicted octanol–water partition coefficient (Wildman–Crippen LogP) is 1.72. The van der Waals surface area contributed by atoms with Gasteiger partial charge in [0.05, 0.1) is 22.6 Å². The molecule has 1 aliphatic rings. The summed E-state index contributed by atoms with van der Waals surface area (Å²) >= 11 is 5.93. The molecule has 1 aromatic rings. The van der Waals surface area contributed by atoms with Gasteiger partial charge in [-0.25, -0.2) is 0 Å². The highest BCUT2D eigenvalue weighted by molar-refractivity contribution is 6.39. The number of hydrogen-bond acceptors (Lipinski definition) is 4. The molecular formula is C11H13ClN4O. The number of piperidine rings is 1. The molecule has 1 fully saturated rings. The Morgan fingerprint density at radius 2 is 2.41 bits per heavy atom. The van der Waals surface area contributed by atoms with Crippen LogP contribution in [0.25, 0.3) is 0 Å². The van der Waals surface area contributed by atoms with Crippen LogP contribution in [-0.4, -0.2) is 23.1 Å². The van der Waals surface area contributed by atoms with Gasteiger partial charge in [0.2, 0.25) is 0 Å². The van der Waals surface area contributed by atoms with E-state index in [4.69, 9.17) is 11.6 Å². The van der Waals surface area contributed by atoms with Gasteiger partial charge in [-0.15, -0.1) is 0 Å². The van der Waals surface area contributed by atoms with Crippen LogP contribution in [0.5, 0.6) is 0 Å². The standard InChI is InChI=1S/C11H13ClN4O/c1-7-9(12)5-8(6-14-7)15-16-10-3-2-4-13-11(10)17/h5-6,15H,2-4H2,1H3,(H,13,17)/b16-10-. The largest absolute Gasteiger partial charge is 0.351 e. The molecule has 17 heavy (non-hydrogen) atoms. The van der Waals surface area contributed by atoms with Crippen molar-refractivity contribution in [3.8, 4) is 0 Å². The van der Waals surface area contributed by atoms with Gasteiger partial charge < -0.3 is 5.32 Å². The lowest BCUT2D eigenvalue weighted by Crippen LogP contribution is -2.37. The van der Waals surface area contributed by atoms with E-state index >= 15 is 0 Å². The summed E-state index contributed by atoms with van der Waals surface area (Å²) in [4.78, 5) is 15.5. The summed E-state index contributed by atoms with van der Waals surface area (Å²) in [5.41, 5.74) is 4.74. The number of hydrazone groups is 1. The van der Waals surface area contributed by atoms with Crippen molar-refractivity contribution in [2.24, 2.45) is 5.10 Å². The fraction of sp³-hybridized carbons (Fsp3) is 0.364. The first-order chi connectivity index (χ1) is 8.16. The second kappa shape index (κ2) is 5.14. The highest BCUT2D eigenvalue weighted by atomic mass is 35.5. The van der Waals surface area contributed by atoms with Crippen molar-refractivity contribution in [1.82, 2.24) is 10.3 Å². The van der Waals surface area contributed by atoms with Crippen LogP contribution in [0, 0.1) is 6.92 Å². The van der Waals surface area contributed by atoms with E-state index in [0.717, 1.165) is 18.7 Å². The smallest absolute Gasteiger partial charge is 0.267 e. The molecule has 6 heteroatoms. The number of halogens is 1. The van der Waals surface area contributed by atoms with Gasteiger partial charge in [-0.05, 0) is 25.8 Å². The summed E-state index contributed by atoms with van der Waals surface area (Å²) in [5, 5.41) is 7.37. The molecule has 90 valence electrons. The van der Waals surface area contributed by atoms with Crippen molar-refractivity contribution in [2.75, 3.05) is 12.0 Å². The topological polar surface area (TPSA) is 66.4 Å². The maximum Gasteiger partial charge on any atom is 0.267 e. The van der Waals surface area contributed by atoms with Crippen LogP contribution in [0.4, 0.5) is 5.69 Å². The molecule has 1 saturated heterocycles. The number of carbonyl (C=O) groups excluding carboxylic acids is 1. The molecule has 0 unspecified atom stereocenters. The van der Waals surface area contributed by atoms with Crippen LogP contribution in [0.3, 0.4) is 0 Å². The molecule has 2 rings (SSSR count). The SMILES string of the molecule is Cc1ncc(N/N=C2/CCCNC2=O)cc1Cl. The summed E-state index contributed by atoms with van der Waals surface area (Å²) in [5.74, 6) is -0.116. The maximum absolute atomic E-state index is 11.4. The first kappa shape index (κ1) is 11.9. The average Bonchev–Trinajstić information content (AvgIpc) is 2.32. The molecule has 1 amide bonds. The Balaban J connectivity index is 2.08. The average molecular weight is 253 g/mol. The summed E-state index contributed by atoms with van der Waals surface area (Å²) in [6, 6.07) is 1.73. The van der Waals surface area contributed by atoms with Gasteiger partial charge in [-0.2, -0.15) is 5.10 Å². The number of carbonyl (C=O) groups is 1. The number of rotatable bonds is 2. The van der Waals surface area contributed by atoms with Crippen LogP contribution in [0.2, 0.25) is 5.02 Å². The zero-order valence-corrected chi connectivity index (χ0v) is 10.2. The van der Waals surface area contributed by atoms with Crippen LogP contribution < -0.4 is 10.7 Å². The summed E-state index contributed by atoms with van der Waals surface area (Å²) < 4.78 is 0. The summed E-state index contributed by atoms with van der Waals surface area (Å²) in [7, 11) is 0. The highest BCUT2D eigenvalue weighted by Gasteiger charge is 2.15. The third-order valence-electron chi connectivity index (χ3n) is 2.48. The Bertz CT molecular complexity index is 473. The predicted molar refractivity (Wildman–Crippen MR) is 67.3 cm³/mol. The van der Waals surface area contributed by atoms with Gasteiger partial charge in [0.1, 0.15) is 5.71 Å². The van der Waals surface area contributed by atoms with Crippen molar-refractivity contribution in [3.05, 3.63) is 23.0 Å². The third kappa shape index (κ3) is 2.94. The molecule has 0 saturated carbocycles. The number of aryl methyl sites for hydroxylation is 1. The zero-order valence-electron chi connectivity index (χ0n) is 9.46. The Morgan fingerprint density at radius 1 is 1.59 bits per heavy atom. The van der Waals surface area contributed by atoms with Crippen LogP contribution in [0.1, 0.15) is 18.5 Å². The number of nitrogens with zero attached hydrogens (tertiary/aromatic N) is 2. The molecule has 0 spiro atoms. The lowest BCUT2D eigenvalue weighted by atomic mass is 10.1. The van der Waals surface area contributed by atoms with Gasteiger partial charge in [-0.1, -0.05) is 11.6 Å². The number of anilines is 1. The Labute approximate surface area is 104 Å². The van der Waals surface area contributed by atoms with Crippen molar-refractivity contribution < 1.29 is 4.79 Å². The van der Waals surface area contributed by atoms with Gasteiger partial charge in [0.15, 0.2) is 0 Å². The molecule has 0 atom stereocenters. The number of pyridine rings is 1. The van der Waals surface area contributed by atoms with Crippen LogP contribution in [0.15, 0.2) is 17.4 Å². The maximum atomic E-state index is 11.4. The van der Waals surface area contributed by atoms with E-state index in [9.17, 15) is 4.79 Å². The van der Waals surface area contributed by atoms with Gasteiger partial charge in [-0.3, -0.25) is 15.2 Å². The van der Waals surface area contributed by atoms with Crippen molar-refractivity contribution in [2.45, 2.75) is 19.8 Å². The Kier molecular flexibility index (Phi) is 3.58. The van der Waals surface area contributed by atoms with Gasteiger partial charge >= 0.3 is 0 Å². The molecular weight excluding hydrogens is 240 g/mol. The minimum Gasteiger partial charge on any atom is -0.351 e. The number of nitrogens with one attached hydrogen (secondary N) is 2. The van der Waals surface area contributed by atoms with E-state index in [0.29, 0.717) is 22.8 Å². The third-order valence-corrected chi connectivity index (χ3v) is 2.87.